The summed E-state index contributed by atoms with van der Waals surface area (Å²) >= 11 is 0. The summed E-state index contributed by atoms with van der Waals surface area (Å²) in [5.74, 6) is 0.124. The van der Waals surface area contributed by atoms with Crippen molar-refractivity contribution < 1.29 is 4.79 Å². The lowest BCUT2D eigenvalue weighted by molar-refractivity contribution is -0.128. The molecule has 2 aromatic carbocycles. The number of aromatic nitrogens is 2. The number of nitriles is 1. The number of benzene rings is 2. The third kappa shape index (κ3) is 3.92. The molecule has 2 N–H and O–H groups in total. The molecule has 33 heavy (non-hydrogen) atoms. The summed E-state index contributed by atoms with van der Waals surface area (Å²) in [6.45, 7) is 4.90. The van der Waals surface area contributed by atoms with E-state index in [1.807, 2.05) is 36.8 Å². The van der Waals surface area contributed by atoms with E-state index in [1.54, 1.807) is 0 Å². The highest BCUT2D eigenvalue weighted by atomic mass is 16.2. The summed E-state index contributed by atoms with van der Waals surface area (Å²) in [7, 11) is 0. The van der Waals surface area contributed by atoms with Crippen LogP contribution in [0, 0.1) is 18.3 Å². The van der Waals surface area contributed by atoms with Crippen LogP contribution >= 0.6 is 0 Å². The highest BCUT2D eigenvalue weighted by Crippen LogP contribution is 2.40. The number of carbonyl (C=O) groups is 1. The van der Waals surface area contributed by atoms with Crippen LogP contribution in [-0.4, -0.2) is 45.7 Å². The molecule has 1 aromatic heterocycles. The van der Waals surface area contributed by atoms with Crippen molar-refractivity contribution in [3.63, 3.8) is 0 Å². The largest absolute Gasteiger partial charge is 0.342 e. The quantitative estimate of drug-likeness (QED) is 0.637. The van der Waals surface area contributed by atoms with Gasteiger partial charge in [-0.1, -0.05) is 42.0 Å². The van der Waals surface area contributed by atoms with Gasteiger partial charge in [-0.25, -0.2) is 4.98 Å². The van der Waals surface area contributed by atoms with Gasteiger partial charge in [-0.3, -0.25) is 9.69 Å². The van der Waals surface area contributed by atoms with Gasteiger partial charge < -0.3 is 15.2 Å². The van der Waals surface area contributed by atoms with E-state index in [0.717, 1.165) is 42.8 Å². The van der Waals surface area contributed by atoms with Crippen LogP contribution in [0.4, 0.5) is 0 Å². The normalized spacial score (nSPS) is 18.7. The summed E-state index contributed by atoms with van der Waals surface area (Å²) in [5.41, 5.74) is 4.63. The van der Waals surface area contributed by atoms with Gasteiger partial charge >= 0.3 is 0 Å². The van der Waals surface area contributed by atoms with E-state index in [9.17, 15) is 4.79 Å². The lowest BCUT2D eigenvalue weighted by Crippen LogP contribution is -2.56. The molecule has 1 spiro atoms. The van der Waals surface area contributed by atoms with Crippen LogP contribution < -0.4 is 10.6 Å². The maximum atomic E-state index is 13.1. The molecule has 0 aliphatic carbocycles. The van der Waals surface area contributed by atoms with E-state index in [0.29, 0.717) is 18.8 Å². The first-order chi connectivity index (χ1) is 16.1. The molecule has 2 aliphatic heterocycles. The van der Waals surface area contributed by atoms with Crippen LogP contribution in [-0.2, 0) is 11.3 Å². The Labute approximate surface area is 194 Å². The van der Waals surface area contributed by atoms with Crippen LogP contribution in [0.1, 0.15) is 46.8 Å². The van der Waals surface area contributed by atoms with Crippen LogP contribution in [0.2, 0.25) is 0 Å². The second-order valence-corrected chi connectivity index (χ2v) is 8.98. The van der Waals surface area contributed by atoms with Crippen molar-refractivity contribution in [1.29, 1.82) is 5.26 Å². The van der Waals surface area contributed by atoms with Crippen molar-refractivity contribution in [1.82, 2.24) is 25.1 Å². The lowest BCUT2D eigenvalue weighted by atomic mass is 9.84. The summed E-state index contributed by atoms with van der Waals surface area (Å²) in [6.07, 6.45) is 5.34. The Morgan fingerprint density at radius 1 is 1.12 bits per heavy atom. The SMILES string of the molecule is Cc1ccc(C(c2cncn2Cc2ccc(C#N)cc2)N2CNC(=O)C23CCNCC3)cc1. The van der Waals surface area contributed by atoms with E-state index in [1.165, 1.54) is 5.56 Å². The summed E-state index contributed by atoms with van der Waals surface area (Å²) in [6, 6.07) is 18.3. The van der Waals surface area contributed by atoms with Crippen LogP contribution in [0.25, 0.3) is 0 Å². The predicted molar refractivity (Wildman–Crippen MR) is 125 cm³/mol. The summed E-state index contributed by atoms with van der Waals surface area (Å²) in [4.78, 5) is 20.0. The van der Waals surface area contributed by atoms with Crippen molar-refractivity contribution in [2.24, 2.45) is 0 Å². The van der Waals surface area contributed by atoms with Gasteiger partial charge in [-0.15, -0.1) is 0 Å². The first kappa shape index (κ1) is 21.4. The first-order valence-electron chi connectivity index (χ1n) is 11.4. The molecule has 3 aromatic rings. The number of rotatable bonds is 5. The molecule has 2 saturated heterocycles. The maximum absolute atomic E-state index is 13.1. The molecule has 3 heterocycles. The minimum Gasteiger partial charge on any atom is -0.342 e. The third-order valence-corrected chi connectivity index (χ3v) is 6.98. The Morgan fingerprint density at radius 3 is 2.55 bits per heavy atom. The third-order valence-electron chi connectivity index (χ3n) is 6.98. The van der Waals surface area contributed by atoms with E-state index in [4.69, 9.17) is 5.26 Å². The molecule has 2 aliphatic rings. The summed E-state index contributed by atoms with van der Waals surface area (Å²) < 4.78 is 2.16. The Kier molecular flexibility index (Phi) is 5.71. The Bertz CT molecular complexity index is 1170. The zero-order valence-corrected chi connectivity index (χ0v) is 18.8. The number of aryl methyl sites for hydroxylation is 1. The van der Waals surface area contributed by atoms with Crippen molar-refractivity contribution in [2.45, 2.75) is 37.9 Å². The smallest absolute Gasteiger partial charge is 0.241 e. The van der Waals surface area contributed by atoms with Crippen LogP contribution in [0.15, 0.2) is 61.1 Å². The molecule has 1 amide bonds. The predicted octanol–water partition coefficient (Wildman–Crippen LogP) is 2.71. The molecule has 7 nitrogen and oxygen atoms in total. The van der Waals surface area contributed by atoms with Gasteiger partial charge in [0.15, 0.2) is 0 Å². The number of carbonyl (C=O) groups excluding carboxylic acids is 1. The van der Waals surface area contributed by atoms with Gasteiger partial charge in [0.2, 0.25) is 5.91 Å². The second kappa shape index (κ2) is 8.81. The molecule has 0 saturated carbocycles. The van der Waals surface area contributed by atoms with Gasteiger partial charge in [-0.05, 0) is 56.1 Å². The van der Waals surface area contributed by atoms with E-state index in [-0.39, 0.29) is 11.9 Å². The monoisotopic (exact) mass is 440 g/mol. The molecular formula is C26H28N6O. The molecule has 1 unspecified atom stereocenters. The summed E-state index contributed by atoms with van der Waals surface area (Å²) in [5, 5.41) is 15.6. The van der Waals surface area contributed by atoms with Crippen molar-refractivity contribution in [3.05, 3.63) is 89.0 Å². The lowest BCUT2D eigenvalue weighted by Gasteiger charge is -2.43. The van der Waals surface area contributed by atoms with E-state index in [2.05, 4.69) is 62.3 Å². The van der Waals surface area contributed by atoms with E-state index < -0.39 is 5.54 Å². The van der Waals surface area contributed by atoms with Crippen molar-refractivity contribution in [3.8, 4) is 6.07 Å². The number of hydrogen-bond acceptors (Lipinski definition) is 5. The number of hydrogen-bond donors (Lipinski definition) is 2. The fourth-order valence-corrected chi connectivity index (χ4v) is 5.13. The maximum Gasteiger partial charge on any atom is 0.241 e. The minimum absolute atomic E-state index is 0.108. The highest BCUT2D eigenvalue weighted by molar-refractivity contribution is 5.88. The zero-order valence-electron chi connectivity index (χ0n) is 18.8. The molecule has 7 heteroatoms. The molecule has 168 valence electrons. The van der Waals surface area contributed by atoms with Gasteiger partial charge in [0, 0.05) is 6.54 Å². The second-order valence-electron chi connectivity index (χ2n) is 8.98. The molecule has 2 fully saturated rings. The minimum atomic E-state index is -0.523. The Balaban J connectivity index is 1.56. The fourth-order valence-electron chi connectivity index (χ4n) is 5.13. The Hall–Kier alpha value is -3.47. The van der Waals surface area contributed by atoms with Crippen molar-refractivity contribution in [2.75, 3.05) is 19.8 Å². The number of nitrogens with zero attached hydrogens (tertiary/aromatic N) is 4. The van der Waals surface area contributed by atoms with Crippen LogP contribution in [0.5, 0.6) is 0 Å². The molecule has 0 radical (unpaired) electrons. The van der Waals surface area contributed by atoms with Gasteiger partial charge in [-0.2, -0.15) is 5.26 Å². The zero-order chi connectivity index (χ0) is 22.8. The molecule has 1 atom stereocenters. The van der Waals surface area contributed by atoms with Crippen molar-refractivity contribution >= 4 is 5.91 Å². The molecule has 0 bridgehead atoms. The topological polar surface area (TPSA) is 86.0 Å². The van der Waals surface area contributed by atoms with Crippen LogP contribution in [0.3, 0.4) is 0 Å². The number of amides is 1. The molecular weight excluding hydrogens is 412 g/mol. The number of imidazole rings is 1. The highest BCUT2D eigenvalue weighted by Gasteiger charge is 2.52. The van der Waals surface area contributed by atoms with Gasteiger partial charge in [0.25, 0.3) is 0 Å². The van der Waals surface area contributed by atoms with Gasteiger partial charge in [0.05, 0.1) is 42.6 Å². The van der Waals surface area contributed by atoms with E-state index >= 15 is 0 Å². The fraction of sp³-hybridized carbons (Fsp3) is 0.346. The first-order valence-corrected chi connectivity index (χ1v) is 11.4. The Morgan fingerprint density at radius 2 is 1.85 bits per heavy atom. The standard InChI is InChI=1S/C26H28N6O/c1-19-2-8-22(9-3-19)24(32-18-30-25(33)26(32)10-12-28-13-11-26)23-15-29-17-31(23)16-21-6-4-20(14-27)5-7-21/h2-9,15,17,24,28H,10-13,16,18H2,1H3,(H,30,33). The molecule has 5 rings (SSSR count). The van der Waals surface area contributed by atoms with Gasteiger partial charge in [0.1, 0.15) is 5.54 Å². The number of nitrogens with one attached hydrogen (secondary N) is 2. The number of piperidine rings is 1. The average molecular weight is 441 g/mol. The average Bonchev–Trinajstić information content (AvgIpc) is 3.42.